The number of nitrogens with two attached hydrogens (primary N) is 2. The van der Waals surface area contributed by atoms with Crippen LogP contribution in [-0.4, -0.2) is 0 Å². The predicted octanol–water partition coefficient (Wildman–Crippen LogP) is 14.0. The van der Waals surface area contributed by atoms with Gasteiger partial charge in [0.05, 0.1) is 0 Å². The first-order chi connectivity index (χ1) is 25.5. The molecule has 6 rings (SSSR count). The van der Waals surface area contributed by atoms with Crippen molar-refractivity contribution in [2.45, 2.75) is 134 Å². The molecule has 52 heavy (non-hydrogen) atoms. The largest absolute Gasteiger partial charge is 0.457 e. The number of hydrogen-bond donors (Lipinski definition) is 2. The zero-order chi connectivity index (χ0) is 36.0. The standard InChI is InChI=1S/C48H64N2O2/c1-2-3-4-5-6-7-8-9-10-37-11-13-38(14-12-37)15-16-39-33-35-48(36-34-39,40-17-25-44(26-18-40)51-46-29-21-42(49)22-30-46)41-19-27-45(28-20-41)52-47-31-23-43(50)24-32-47/h17-32,37-39H,2-16,33-36,49-50H2,1H3. The molecule has 0 bridgehead atoms. The van der Waals surface area contributed by atoms with Crippen LogP contribution < -0.4 is 20.9 Å². The Kier molecular flexibility index (Phi) is 14.0. The van der Waals surface area contributed by atoms with Crippen molar-refractivity contribution in [3.05, 3.63) is 108 Å². The normalized spacial score (nSPS) is 18.9. The van der Waals surface area contributed by atoms with E-state index in [0.29, 0.717) is 0 Å². The van der Waals surface area contributed by atoms with E-state index in [4.69, 9.17) is 20.9 Å². The van der Waals surface area contributed by atoms with Crippen LogP contribution in [0.5, 0.6) is 23.0 Å². The van der Waals surface area contributed by atoms with Crippen molar-refractivity contribution in [3.63, 3.8) is 0 Å². The molecule has 0 saturated heterocycles. The average molecular weight is 701 g/mol. The van der Waals surface area contributed by atoms with Crippen molar-refractivity contribution in [1.29, 1.82) is 0 Å². The van der Waals surface area contributed by atoms with Crippen molar-refractivity contribution in [2.24, 2.45) is 17.8 Å². The van der Waals surface area contributed by atoms with Gasteiger partial charge >= 0.3 is 0 Å². The smallest absolute Gasteiger partial charge is 0.127 e. The van der Waals surface area contributed by atoms with Gasteiger partial charge in [0.2, 0.25) is 0 Å². The summed E-state index contributed by atoms with van der Waals surface area (Å²) in [5.74, 6) is 6.05. The highest BCUT2D eigenvalue weighted by Crippen LogP contribution is 2.49. The average Bonchev–Trinajstić information content (AvgIpc) is 3.18. The zero-order valence-electron chi connectivity index (χ0n) is 31.9. The first-order valence-corrected chi connectivity index (χ1v) is 20.8. The molecule has 4 aromatic rings. The summed E-state index contributed by atoms with van der Waals surface area (Å²) in [5, 5.41) is 0. The number of ether oxygens (including phenoxy) is 2. The molecule has 4 heteroatoms. The molecule has 0 atom stereocenters. The molecule has 2 fully saturated rings. The summed E-state index contributed by atoms with van der Waals surface area (Å²) in [5.41, 5.74) is 16.0. The fourth-order valence-corrected chi connectivity index (χ4v) is 9.08. The number of unbranched alkanes of at least 4 members (excludes halogenated alkanes) is 7. The monoisotopic (exact) mass is 700 g/mol. The fourth-order valence-electron chi connectivity index (χ4n) is 9.08. The summed E-state index contributed by atoms with van der Waals surface area (Å²) in [6.45, 7) is 2.31. The van der Waals surface area contributed by atoms with Gasteiger partial charge in [-0.05, 0) is 127 Å². The molecule has 0 aromatic heterocycles. The molecule has 0 aliphatic heterocycles. The van der Waals surface area contributed by atoms with Crippen LogP contribution in [0.1, 0.15) is 140 Å². The third kappa shape index (κ3) is 10.8. The molecule has 0 radical (unpaired) electrons. The maximum absolute atomic E-state index is 6.17. The van der Waals surface area contributed by atoms with E-state index in [9.17, 15) is 0 Å². The quantitative estimate of drug-likeness (QED) is 0.0800. The third-order valence-electron chi connectivity index (χ3n) is 12.4. The van der Waals surface area contributed by atoms with Gasteiger partial charge < -0.3 is 20.9 Å². The number of benzene rings is 4. The van der Waals surface area contributed by atoms with Gasteiger partial charge in [-0.2, -0.15) is 0 Å². The minimum atomic E-state index is -0.0243. The molecular formula is C48H64N2O2. The number of hydrogen-bond acceptors (Lipinski definition) is 4. The Balaban J connectivity index is 1.03. The SMILES string of the molecule is CCCCCCCCCCC1CCC(CCC2CCC(c3ccc(Oc4ccc(N)cc4)cc3)(c3ccc(Oc4ccc(N)cc4)cc3)CC2)CC1. The number of rotatable bonds is 18. The Hall–Kier alpha value is -3.92. The minimum absolute atomic E-state index is 0.0243. The number of anilines is 2. The molecule has 4 aromatic carbocycles. The summed E-state index contributed by atoms with van der Waals surface area (Å²) in [6.07, 6.45) is 26.6. The predicted molar refractivity (Wildman–Crippen MR) is 219 cm³/mol. The summed E-state index contributed by atoms with van der Waals surface area (Å²) in [6, 6.07) is 32.9. The lowest BCUT2D eigenvalue weighted by atomic mass is 9.62. The molecular weight excluding hydrogens is 637 g/mol. The van der Waals surface area contributed by atoms with Crippen LogP contribution in [0.2, 0.25) is 0 Å². The topological polar surface area (TPSA) is 70.5 Å². The van der Waals surface area contributed by atoms with Gasteiger partial charge in [0.1, 0.15) is 23.0 Å². The van der Waals surface area contributed by atoms with Crippen molar-refractivity contribution >= 4 is 11.4 Å². The minimum Gasteiger partial charge on any atom is -0.457 e. The first kappa shape index (κ1) is 37.8. The molecule has 0 heterocycles. The molecule has 0 unspecified atom stereocenters. The maximum Gasteiger partial charge on any atom is 0.127 e. The highest BCUT2D eigenvalue weighted by molar-refractivity contribution is 5.47. The highest BCUT2D eigenvalue weighted by atomic mass is 16.5. The highest BCUT2D eigenvalue weighted by Gasteiger charge is 2.38. The van der Waals surface area contributed by atoms with Gasteiger partial charge in [-0.3, -0.25) is 0 Å². The van der Waals surface area contributed by atoms with Gasteiger partial charge in [-0.25, -0.2) is 0 Å². The van der Waals surface area contributed by atoms with Crippen LogP contribution in [0, 0.1) is 17.8 Å². The molecule has 2 aliphatic rings. The van der Waals surface area contributed by atoms with Gasteiger partial charge in [0, 0.05) is 16.8 Å². The molecule has 2 saturated carbocycles. The van der Waals surface area contributed by atoms with Crippen molar-refractivity contribution in [3.8, 4) is 23.0 Å². The van der Waals surface area contributed by atoms with E-state index in [1.54, 1.807) is 0 Å². The summed E-state index contributed by atoms with van der Waals surface area (Å²) >= 11 is 0. The van der Waals surface area contributed by atoms with Crippen molar-refractivity contribution < 1.29 is 9.47 Å². The second-order valence-corrected chi connectivity index (χ2v) is 16.1. The van der Waals surface area contributed by atoms with Crippen LogP contribution in [0.3, 0.4) is 0 Å². The molecule has 4 N–H and O–H groups in total. The molecule has 4 nitrogen and oxygen atoms in total. The zero-order valence-corrected chi connectivity index (χ0v) is 31.9. The lowest BCUT2D eigenvalue weighted by Crippen LogP contribution is -2.33. The Morgan fingerprint density at radius 3 is 1.21 bits per heavy atom. The Morgan fingerprint density at radius 1 is 0.442 bits per heavy atom. The Bertz CT molecular complexity index is 1490. The van der Waals surface area contributed by atoms with E-state index in [-0.39, 0.29) is 5.41 Å². The van der Waals surface area contributed by atoms with Crippen LogP contribution in [-0.2, 0) is 5.41 Å². The Morgan fingerprint density at radius 2 is 0.788 bits per heavy atom. The van der Waals surface area contributed by atoms with E-state index >= 15 is 0 Å². The van der Waals surface area contributed by atoms with Crippen LogP contribution in [0.15, 0.2) is 97.1 Å². The van der Waals surface area contributed by atoms with E-state index in [1.807, 2.05) is 48.5 Å². The van der Waals surface area contributed by atoms with Gasteiger partial charge in [0.25, 0.3) is 0 Å². The third-order valence-corrected chi connectivity index (χ3v) is 12.4. The summed E-state index contributed by atoms with van der Waals surface area (Å²) in [4.78, 5) is 0. The van der Waals surface area contributed by atoms with Crippen LogP contribution in [0.4, 0.5) is 11.4 Å². The summed E-state index contributed by atoms with van der Waals surface area (Å²) < 4.78 is 12.3. The van der Waals surface area contributed by atoms with Crippen molar-refractivity contribution in [1.82, 2.24) is 0 Å². The van der Waals surface area contributed by atoms with Crippen molar-refractivity contribution in [2.75, 3.05) is 11.5 Å². The molecule has 2 aliphatic carbocycles. The second kappa shape index (κ2) is 19.2. The van der Waals surface area contributed by atoms with E-state index < -0.39 is 0 Å². The van der Waals surface area contributed by atoms with Gasteiger partial charge in [0.15, 0.2) is 0 Å². The number of nitrogen functional groups attached to an aromatic ring is 2. The Labute approximate surface area is 314 Å². The first-order valence-electron chi connectivity index (χ1n) is 20.8. The van der Waals surface area contributed by atoms with Gasteiger partial charge in [-0.15, -0.1) is 0 Å². The lowest BCUT2D eigenvalue weighted by Gasteiger charge is -2.42. The molecule has 278 valence electrons. The van der Waals surface area contributed by atoms with E-state index in [2.05, 4.69) is 55.5 Å². The summed E-state index contributed by atoms with van der Waals surface area (Å²) in [7, 11) is 0. The van der Waals surface area contributed by atoms with Gasteiger partial charge in [-0.1, -0.05) is 128 Å². The van der Waals surface area contributed by atoms with E-state index in [1.165, 1.54) is 133 Å². The van der Waals surface area contributed by atoms with Crippen LogP contribution >= 0.6 is 0 Å². The van der Waals surface area contributed by atoms with E-state index in [0.717, 1.165) is 52.1 Å². The molecule has 0 amide bonds. The van der Waals surface area contributed by atoms with Crippen LogP contribution in [0.25, 0.3) is 0 Å². The maximum atomic E-state index is 6.17. The molecule has 0 spiro atoms. The second-order valence-electron chi connectivity index (χ2n) is 16.1. The fraction of sp³-hybridized carbons (Fsp3) is 0.500. The lowest BCUT2D eigenvalue weighted by molar-refractivity contribution is 0.208.